The van der Waals surface area contributed by atoms with Crippen LogP contribution in [0.1, 0.15) is 29.8 Å². The number of nitrogens with two attached hydrogens (primary N) is 1. The lowest BCUT2D eigenvalue weighted by atomic mass is 10.1. The Morgan fingerprint density at radius 2 is 1.90 bits per heavy atom. The van der Waals surface area contributed by atoms with Crippen molar-refractivity contribution in [1.82, 2.24) is 9.80 Å². The summed E-state index contributed by atoms with van der Waals surface area (Å²) in [6, 6.07) is 5.54. The number of amides is 1. The molecule has 0 bridgehead atoms. The van der Waals surface area contributed by atoms with E-state index < -0.39 is 0 Å². The Balaban J connectivity index is 2.00. The van der Waals surface area contributed by atoms with Gasteiger partial charge in [0.25, 0.3) is 5.91 Å². The van der Waals surface area contributed by atoms with Gasteiger partial charge in [-0.2, -0.15) is 0 Å². The van der Waals surface area contributed by atoms with Crippen molar-refractivity contribution < 1.29 is 4.79 Å². The molecule has 0 radical (unpaired) electrons. The van der Waals surface area contributed by atoms with Gasteiger partial charge in [-0.05, 0) is 30.5 Å². The minimum atomic E-state index is 0.110. The fourth-order valence-corrected chi connectivity index (χ4v) is 2.69. The molecule has 1 aliphatic rings. The summed E-state index contributed by atoms with van der Waals surface area (Å²) in [7, 11) is 0. The van der Waals surface area contributed by atoms with Gasteiger partial charge in [0.2, 0.25) is 0 Å². The smallest absolute Gasteiger partial charge is 0.254 e. The van der Waals surface area contributed by atoms with Crippen LogP contribution in [0.4, 0.5) is 5.69 Å². The summed E-state index contributed by atoms with van der Waals surface area (Å²) >= 11 is 0. The third kappa shape index (κ3) is 3.51. The summed E-state index contributed by atoms with van der Waals surface area (Å²) in [5, 5.41) is 0. The van der Waals surface area contributed by atoms with Crippen molar-refractivity contribution in [2.24, 2.45) is 5.92 Å². The third-order valence-electron chi connectivity index (χ3n) is 3.77. The van der Waals surface area contributed by atoms with Crippen LogP contribution in [0, 0.1) is 12.8 Å². The van der Waals surface area contributed by atoms with Crippen LogP contribution in [0.15, 0.2) is 18.2 Å². The average molecular weight is 275 g/mol. The van der Waals surface area contributed by atoms with Crippen LogP contribution in [0.3, 0.4) is 0 Å². The van der Waals surface area contributed by atoms with Crippen molar-refractivity contribution in [1.29, 1.82) is 0 Å². The number of nitrogens with zero attached hydrogens (tertiary/aromatic N) is 2. The molecule has 0 spiro atoms. The predicted octanol–water partition coefficient (Wildman–Crippen LogP) is 1.99. The Labute approximate surface area is 121 Å². The molecule has 0 unspecified atom stereocenters. The van der Waals surface area contributed by atoms with Crippen LogP contribution in [-0.4, -0.2) is 48.4 Å². The fourth-order valence-electron chi connectivity index (χ4n) is 2.69. The van der Waals surface area contributed by atoms with Gasteiger partial charge in [0, 0.05) is 44.0 Å². The van der Waals surface area contributed by atoms with Gasteiger partial charge in [-0.3, -0.25) is 9.69 Å². The second-order valence-electron chi connectivity index (χ2n) is 6.06. The first-order valence-electron chi connectivity index (χ1n) is 7.35. The van der Waals surface area contributed by atoms with Crippen LogP contribution in [0.25, 0.3) is 0 Å². The summed E-state index contributed by atoms with van der Waals surface area (Å²) < 4.78 is 0. The zero-order valence-electron chi connectivity index (χ0n) is 12.7. The Kier molecular flexibility index (Phi) is 4.65. The number of rotatable bonds is 3. The molecule has 0 aromatic heterocycles. The van der Waals surface area contributed by atoms with Crippen molar-refractivity contribution >= 4 is 11.6 Å². The topological polar surface area (TPSA) is 49.6 Å². The first-order chi connectivity index (χ1) is 9.47. The second-order valence-corrected chi connectivity index (χ2v) is 6.06. The van der Waals surface area contributed by atoms with Crippen LogP contribution in [0.2, 0.25) is 0 Å². The number of aryl methyl sites for hydroxylation is 1. The van der Waals surface area contributed by atoms with E-state index in [1.807, 2.05) is 24.0 Å². The highest BCUT2D eigenvalue weighted by Crippen LogP contribution is 2.16. The monoisotopic (exact) mass is 275 g/mol. The molecule has 1 aliphatic heterocycles. The zero-order chi connectivity index (χ0) is 14.7. The molecule has 0 atom stereocenters. The molecule has 4 heteroatoms. The van der Waals surface area contributed by atoms with Gasteiger partial charge in [-0.1, -0.05) is 19.9 Å². The highest BCUT2D eigenvalue weighted by atomic mass is 16.2. The number of hydrogen-bond donors (Lipinski definition) is 1. The number of benzene rings is 1. The molecule has 1 heterocycles. The molecule has 2 N–H and O–H groups in total. The van der Waals surface area contributed by atoms with Crippen LogP contribution in [0.5, 0.6) is 0 Å². The van der Waals surface area contributed by atoms with E-state index in [1.165, 1.54) is 0 Å². The normalized spacial score (nSPS) is 16.7. The molecule has 20 heavy (non-hydrogen) atoms. The zero-order valence-corrected chi connectivity index (χ0v) is 12.7. The first kappa shape index (κ1) is 14.9. The van der Waals surface area contributed by atoms with E-state index >= 15 is 0 Å². The lowest BCUT2D eigenvalue weighted by Gasteiger charge is -2.35. The van der Waals surface area contributed by atoms with Gasteiger partial charge in [-0.15, -0.1) is 0 Å². The first-order valence-corrected chi connectivity index (χ1v) is 7.35. The summed E-state index contributed by atoms with van der Waals surface area (Å²) in [5.74, 6) is 0.785. The van der Waals surface area contributed by atoms with E-state index in [-0.39, 0.29) is 5.91 Å². The van der Waals surface area contributed by atoms with Crippen molar-refractivity contribution in [2.75, 3.05) is 38.5 Å². The Morgan fingerprint density at radius 1 is 1.25 bits per heavy atom. The van der Waals surface area contributed by atoms with E-state index in [1.54, 1.807) is 6.07 Å². The summed E-state index contributed by atoms with van der Waals surface area (Å²) in [5.41, 5.74) is 8.18. The maximum Gasteiger partial charge on any atom is 0.254 e. The van der Waals surface area contributed by atoms with E-state index in [4.69, 9.17) is 5.73 Å². The Hall–Kier alpha value is -1.55. The molecule has 2 rings (SSSR count). The molecular weight excluding hydrogens is 250 g/mol. The lowest BCUT2D eigenvalue weighted by molar-refractivity contribution is 0.0623. The van der Waals surface area contributed by atoms with Gasteiger partial charge < -0.3 is 10.6 Å². The molecule has 0 saturated carbocycles. The molecule has 110 valence electrons. The summed E-state index contributed by atoms with van der Waals surface area (Å²) in [6.07, 6.45) is 0. The Bertz CT molecular complexity index is 477. The largest absolute Gasteiger partial charge is 0.399 e. The van der Waals surface area contributed by atoms with Crippen LogP contribution < -0.4 is 5.73 Å². The van der Waals surface area contributed by atoms with E-state index in [2.05, 4.69) is 18.7 Å². The van der Waals surface area contributed by atoms with Crippen molar-refractivity contribution in [2.45, 2.75) is 20.8 Å². The average Bonchev–Trinajstić information content (AvgIpc) is 2.41. The van der Waals surface area contributed by atoms with Crippen molar-refractivity contribution in [3.8, 4) is 0 Å². The lowest BCUT2D eigenvalue weighted by Crippen LogP contribution is -2.49. The van der Waals surface area contributed by atoms with E-state index in [0.29, 0.717) is 11.6 Å². The van der Waals surface area contributed by atoms with E-state index in [0.717, 1.165) is 43.9 Å². The number of carbonyl (C=O) groups excluding carboxylic acids is 1. The highest BCUT2D eigenvalue weighted by Gasteiger charge is 2.23. The number of anilines is 1. The molecule has 1 aromatic carbocycles. The Morgan fingerprint density at radius 3 is 2.50 bits per heavy atom. The van der Waals surface area contributed by atoms with Gasteiger partial charge in [0.05, 0.1) is 0 Å². The van der Waals surface area contributed by atoms with Crippen LogP contribution >= 0.6 is 0 Å². The quantitative estimate of drug-likeness (QED) is 0.858. The summed E-state index contributed by atoms with van der Waals surface area (Å²) in [4.78, 5) is 16.9. The van der Waals surface area contributed by atoms with Gasteiger partial charge in [0.1, 0.15) is 0 Å². The molecule has 4 nitrogen and oxygen atoms in total. The molecule has 0 aliphatic carbocycles. The number of nitrogen functional groups attached to an aromatic ring is 1. The van der Waals surface area contributed by atoms with Crippen molar-refractivity contribution in [3.05, 3.63) is 29.3 Å². The fraction of sp³-hybridized carbons (Fsp3) is 0.562. The summed E-state index contributed by atoms with van der Waals surface area (Å²) in [6.45, 7) is 11.1. The maximum absolute atomic E-state index is 12.6. The SMILES string of the molecule is Cc1ccc(N)cc1C(=O)N1CCN(CC(C)C)CC1. The standard InChI is InChI=1S/C16H25N3O/c1-12(2)11-18-6-8-19(9-7-18)16(20)15-10-14(17)5-4-13(15)3/h4-5,10,12H,6-9,11,17H2,1-3H3. The van der Waals surface area contributed by atoms with Gasteiger partial charge in [0.15, 0.2) is 0 Å². The second kappa shape index (κ2) is 6.27. The number of hydrogen-bond acceptors (Lipinski definition) is 3. The van der Waals surface area contributed by atoms with Crippen LogP contribution in [-0.2, 0) is 0 Å². The predicted molar refractivity (Wildman–Crippen MR) is 82.8 cm³/mol. The minimum Gasteiger partial charge on any atom is -0.399 e. The number of carbonyl (C=O) groups is 1. The van der Waals surface area contributed by atoms with E-state index in [9.17, 15) is 4.79 Å². The third-order valence-corrected chi connectivity index (χ3v) is 3.77. The molecule has 1 fully saturated rings. The van der Waals surface area contributed by atoms with Crippen molar-refractivity contribution in [3.63, 3.8) is 0 Å². The van der Waals surface area contributed by atoms with Gasteiger partial charge in [-0.25, -0.2) is 0 Å². The maximum atomic E-state index is 12.6. The molecule has 1 saturated heterocycles. The van der Waals surface area contributed by atoms with Gasteiger partial charge >= 0.3 is 0 Å². The minimum absolute atomic E-state index is 0.110. The molecule has 1 amide bonds. The number of piperazine rings is 1. The molecule has 1 aromatic rings. The highest BCUT2D eigenvalue weighted by molar-refractivity contribution is 5.96. The molecular formula is C16H25N3O.